The third-order valence-corrected chi connectivity index (χ3v) is 20.9. The second kappa shape index (κ2) is 19.3. The van der Waals surface area contributed by atoms with Gasteiger partial charge in [-0.3, -0.25) is 14.4 Å². The number of hydrogen-bond donors (Lipinski definition) is 4. The number of hydrogen-bond acceptors (Lipinski definition) is 9. The van der Waals surface area contributed by atoms with Gasteiger partial charge in [-0.05, 0) is 197 Å². The van der Waals surface area contributed by atoms with Crippen molar-refractivity contribution in [3.05, 3.63) is 52.6 Å². The van der Waals surface area contributed by atoms with Crippen molar-refractivity contribution in [3.63, 3.8) is 0 Å². The van der Waals surface area contributed by atoms with Crippen LogP contribution in [0, 0.1) is 75.4 Å². The molecule has 2 unspecified atom stereocenters. The number of carboxylic acid groups (broad SMARTS) is 1. The first kappa shape index (κ1) is 49.5. The zero-order chi connectivity index (χ0) is 48.3. The van der Waals surface area contributed by atoms with Crippen LogP contribution in [0.25, 0.3) is 0 Å². The van der Waals surface area contributed by atoms with E-state index in [4.69, 9.17) is 15.2 Å². The number of carbonyl (C=O) groups excluding carboxylic acids is 2. The molecule has 10 heteroatoms. The van der Waals surface area contributed by atoms with E-state index in [1.165, 1.54) is 22.3 Å². The van der Waals surface area contributed by atoms with E-state index in [1.807, 2.05) is 13.0 Å². The highest BCUT2D eigenvalue weighted by Gasteiger charge is 2.67. The smallest absolute Gasteiger partial charge is 0.306 e. The molecular formula is C58H82N2O8. The molecule has 0 heterocycles. The minimum atomic E-state index is -0.999. The molecule has 0 saturated heterocycles. The van der Waals surface area contributed by atoms with Gasteiger partial charge in [0.1, 0.15) is 11.7 Å². The van der Waals surface area contributed by atoms with Gasteiger partial charge in [-0.2, -0.15) is 0 Å². The number of aliphatic hydroxyl groups is 2. The number of aliphatic carboxylic acids is 1. The van der Waals surface area contributed by atoms with Crippen molar-refractivity contribution in [1.82, 2.24) is 0 Å². The van der Waals surface area contributed by atoms with Crippen LogP contribution < -0.4 is 10.6 Å². The number of ether oxygens (including phenoxy) is 2. The molecule has 0 bridgehead atoms. The Hall–Kier alpha value is -3.49. The number of carboxylic acids is 1. The summed E-state index contributed by atoms with van der Waals surface area (Å²) in [5.41, 5.74) is 10.7. The molecule has 9 rings (SSSR count). The van der Waals surface area contributed by atoms with E-state index in [0.717, 1.165) is 82.9 Å². The number of likely N-dealkylation sites (N-methyl/N-ethyl adjacent to an activating group) is 1. The summed E-state index contributed by atoms with van der Waals surface area (Å²) in [6.45, 7) is 12.8. The molecule has 8 aliphatic rings. The van der Waals surface area contributed by atoms with Crippen LogP contribution >= 0.6 is 0 Å². The van der Waals surface area contributed by atoms with Crippen molar-refractivity contribution < 1.29 is 39.2 Å². The number of benzene rings is 1. The predicted octanol–water partition coefficient (Wildman–Crippen LogP) is 9.55. The third kappa shape index (κ3) is 8.53. The number of fused-ring (bicyclic) bond motifs is 9. The summed E-state index contributed by atoms with van der Waals surface area (Å²) in [5.74, 6) is 7.91. The number of nitrogens with two attached hydrogens (primary N) is 1. The lowest BCUT2D eigenvalue weighted by Gasteiger charge is -2.64. The first-order valence-corrected chi connectivity index (χ1v) is 26.8. The monoisotopic (exact) mass is 935 g/mol. The summed E-state index contributed by atoms with van der Waals surface area (Å²) < 4.78 is 13.3. The van der Waals surface area contributed by atoms with Crippen LogP contribution in [-0.4, -0.2) is 83.7 Å². The number of anilines is 1. The van der Waals surface area contributed by atoms with Crippen LogP contribution in [0.15, 0.2) is 47.1 Å². The molecule has 6 fully saturated rings. The van der Waals surface area contributed by atoms with Crippen molar-refractivity contribution in [1.29, 1.82) is 0 Å². The Labute approximate surface area is 406 Å². The molecule has 6 saturated carbocycles. The summed E-state index contributed by atoms with van der Waals surface area (Å²) in [4.78, 5) is 39.8. The summed E-state index contributed by atoms with van der Waals surface area (Å²) in [7, 11) is 2.13. The van der Waals surface area contributed by atoms with Gasteiger partial charge in [-0.1, -0.05) is 51.3 Å². The van der Waals surface area contributed by atoms with Gasteiger partial charge in [0.25, 0.3) is 0 Å². The lowest BCUT2D eigenvalue weighted by Crippen LogP contribution is -2.63. The van der Waals surface area contributed by atoms with Crippen LogP contribution in [0.2, 0.25) is 0 Å². The van der Waals surface area contributed by atoms with Crippen LogP contribution in [0.5, 0.6) is 0 Å². The number of ketones is 1. The Morgan fingerprint density at radius 2 is 1.74 bits per heavy atom. The molecule has 10 nitrogen and oxygen atoms in total. The maximum absolute atomic E-state index is 13.4. The first-order valence-electron chi connectivity index (χ1n) is 26.8. The first-order chi connectivity index (χ1) is 32.4. The molecule has 0 aliphatic heterocycles. The lowest BCUT2D eigenvalue weighted by molar-refractivity contribution is -0.218. The maximum atomic E-state index is 13.4. The van der Waals surface area contributed by atoms with Crippen LogP contribution in [0.1, 0.15) is 162 Å². The quantitative estimate of drug-likeness (QED) is 0.105. The van der Waals surface area contributed by atoms with Crippen molar-refractivity contribution in [2.45, 2.75) is 180 Å². The highest BCUT2D eigenvalue weighted by atomic mass is 16.5. The van der Waals surface area contributed by atoms with Crippen molar-refractivity contribution in [2.24, 2.45) is 69.3 Å². The predicted molar refractivity (Wildman–Crippen MR) is 264 cm³/mol. The zero-order valence-corrected chi connectivity index (χ0v) is 42.1. The van der Waals surface area contributed by atoms with Gasteiger partial charge in [0.05, 0.1) is 18.8 Å². The number of carbonyl (C=O) groups is 3. The second-order valence-electron chi connectivity index (χ2n) is 23.9. The zero-order valence-electron chi connectivity index (χ0n) is 42.1. The third-order valence-electron chi connectivity index (χ3n) is 20.9. The normalized spacial score (nSPS) is 40.8. The van der Waals surface area contributed by atoms with Crippen LogP contribution in [0.4, 0.5) is 5.69 Å². The molecule has 8 aliphatic carbocycles. The van der Waals surface area contributed by atoms with Crippen molar-refractivity contribution >= 4 is 23.4 Å². The molecule has 0 spiro atoms. The summed E-state index contributed by atoms with van der Waals surface area (Å²) in [5, 5.41) is 33.9. The van der Waals surface area contributed by atoms with Gasteiger partial charge in [0.15, 0.2) is 5.78 Å². The molecule has 1 aromatic carbocycles. The van der Waals surface area contributed by atoms with E-state index >= 15 is 0 Å². The Morgan fingerprint density at radius 1 is 0.956 bits per heavy atom. The van der Waals surface area contributed by atoms with Crippen LogP contribution in [0.3, 0.4) is 0 Å². The minimum absolute atomic E-state index is 0.00421. The average Bonchev–Trinajstić information content (AvgIpc) is 3.81. The molecule has 16 atom stereocenters. The van der Waals surface area contributed by atoms with Gasteiger partial charge in [-0.25, -0.2) is 0 Å². The van der Waals surface area contributed by atoms with Crippen molar-refractivity contribution in [3.8, 4) is 11.8 Å². The van der Waals surface area contributed by atoms with E-state index < -0.39 is 17.7 Å². The van der Waals surface area contributed by atoms with Gasteiger partial charge in [0, 0.05) is 55.8 Å². The van der Waals surface area contributed by atoms with Crippen LogP contribution in [-0.2, 0) is 23.9 Å². The molecule has 0 aromatic heterocycles. The van der Waals surface area contributed by atoms with E-state index in [9.17, 15) is 29.7 Å². The minimum Gasteiger partial charge on any atom is -0.481 e. The topological polar surface area (TPSA) is 160 Å². The lowest BCUT2D eigenvalue weighted by atomic mass is 9.43. The molecule has 5 N–H and O–H groups in total. The van der Waals surface area contributed by atoms with E-state index in [0.29, 0.717) is 69.4 Å². The molecule has 1 aromatic rings. The van der Waals surface area contributed by atoms with Gasteiger partial charge in [0.2, 0.25) is 0 Å². The fourth-order valence-corrected chi connectivity index (χ4v) is 17.2. The average molecular weight is 935 g/mol. The number of allylic oxidation sites excluding steroid dienone is 4. The second-order valence-corrected chi connectivity index (χ2v) is 23.9. The Morgan fingerprint density at radius 3 is 2.47 bits per heavy atom. The van der Waals surface area contributed by atoms with Gasteiger partial charge < -0.3 is 35.4 Å². The maximum Gasteiger partial charge on any atom is 0.306 e. The summed E-state index contributed by atoms with van der Waals surface area (Å²) in [6.07, 6.45) is 15.2. The van der Waals surface area contributed by atoms with Crippen molar-refractivity contribution in [2.75, 3.05) is 31.6 Å². The SMILES string of the molecule is CC#C[C@@]1(O)CCC2C3CCC4=CC(=O)CCC4=C3[C@H](c3ccc(N(C)CCO[C@H]4CC[C@@]5(C)[C@@H](C4)C[C@@H](OC(=O)CCCN)[C@@H]4[C@@H]5C[C@H](O)[C@]5(C)[C@@H]([C@H](C)CCC(=O)O)CC[C@@H]45)cc3)C[C@@]21C. The van der Waals surface area contributed by atoms with E-state index in [-0.39, 0.29) is 82.1 Å². The standard InChI is InChI=1S/C58H82N2O8/c1-7-24-58(66)26-23-46-43-17-13-37-30-40(61)16-18-42(37)53(43)44(34-56(46,58)4)36-11-14-39(15-12-36)60(6)28-29-67-41-22-25-55(3)38(31-41)32-49(68-52(65)9-8-27-59)54-47-20-19-45(35(2)10-21-51(63)64)57(47,5)50(62)33-48(54)55/h11-12,14-15,30,35,38,41,43-50,54,62,66H,8-10,13,16-23,25-29,31-34,59H2,1-6H3,(H,63,64)/t35-,38+,41+,43?,44+,45-,46?,47+,48+,49-,50+,54+,55+,56+,57-,58-/m1/s1. The Kier molecular flexibility index (Phi) is 14.0. The molecule has 68 heavy (non-hydrogen) atoms. The Bertz CT molecular complexity index is 2210. The molecular weight excluding hydrogens is 853 g/mol. The highest BCUT2D eigenvalue weighted by Crippen LogP contribution is 2.70. The molecule has 372 valence electrons. The summed E-state index contributed by atoms with van der Waals surface area (Å²) in [6, 6.07) is 9.08. The van der Waals surface area contributed by atoms with E-state index in [2.05, 4.69) is 75.7 Å². The fraction of sp³-hybridized carbons (Fsp3) is 0.741. The van der Waals surface area contributed by atoms with Gasteiger partial charge in [-0.15, -0.1) is 5.92 Å². The fourth-order valence-electron chi connectivity index (χ4n) is 17.2. The summed E-state index contributed by atoms with van der Waals surface area (Å²) >= 11 is 0. The largest absolute Gasteiger partial charge is 0.481 e. The molecule has 0 radical (unpaired) electrons. The molecule has 0 amide bonds. The number of nitrogens with zero attached hydrogens (tertiary/aromatic N) is 1. The van der Waals surface area contributed by atoms with Gasteiger partial charge >= 0.3 is 11.9 Å². The number of esters is 1. The Balaban J connectivity index is 0.873. The number of rotatable bonds is 14. The van der Waals surface area contributed by atoms with E-state index in [1.54, 1.807) is 0 Å². The number of aliphatic hydroxyl groups excluding tert-OH is 1. The highest BCUT2D eigenvalue weighted by molar-refractivity contribution is 5.93.